The first-order valence-electron chi connectivity index (χ1n) is 33.6. The summed E-state index contributed by atoms with van der Waals surface area (Å²) in [6.45, 7) is 15.2. The van der Waals surface area contributed by atoms with Crippen molar-refractivity contribution in [1.29, 1.82) is 0 Å². The van der Waals surface area contributed by atoms with E-state index in [1.54, 1.807) is 53.0 Å². The fourth-order valence-corrected chi connectivity index (χ4v) is 15.7. The molecule has 0 spiro atoms. The van der Waals surface area contributed by atoms with Gasteiger partial charge in [0.05, 0.1) is 59.7 Å². The van der Waals surface area contributed by atoms with E-state index in [-0.39, 0.29) is 79.0 Å². The summed E-state index contributed by atoms with van der Waals surface area (Å²) in [5.41, 5.74) is 8.24. The number of halogens is 2. The Morgan fingerprint density at radius 1 is 0.553 bits per heavy atom. The number of thiophene rings is 2. The van der Waals surface area contributed by atoms with E-state index in [1.165, 1.54) is 10.9 Å². The largest absolute Gasteiger partial charge is 0.493 e. The maximum Gasteiger partial charge on any atom is 0.306 e. The second kappa shape index (κ2) is 30.6. The van der Waals surface area contributed by atoms with Gasteiger partial charge in [-0.2, -0.15) is 0 Å². The van der Waals surface area contributed by atoms with Crippen molar-refractivity contribution in [1.82, 2.24) is 55.3 Å². The summed E-state index contributed by atoms with van der Waals surface area (Å²) in [5.74, 6) is -2.32. The lowest BCUT2D eigenvalue weighted by molar-refractivity contribution is -0.138. The van der Waals surface area contributed by atoms with Gasteiger partial charge in [-0.25, -0.2) is 0 Å². The van der Waals surface area contributed by atoms with Crippen molar-refractivity contribution >= 4 is 116 Å². The van der Waals surface area contributed by atoms with E-state index in [9.17, 15) is 53.1 Å². The number of carboxylic acid groups (broad SMARTS) is 1. The maximum atomic E-state index is 13.3. The van der Waals surface area contributed by atoms with Crippen molar-refractivity contribution in [3.63, 3.8) is 0 Å². The predicted octanol–water partition coefficient (Wildman–Crippen LogP) is 10.5. The quantitative estimate of drug-likeness (QED) is 0.0432. The summed E-state index contributed by atoms with van der Waals surface area (Å²) in [4.78, 5) is 138. The number of aliphatic carboxylic acids is 1. The lowest BCUT2D eigenvalue weighted by Crippen LogP contribution is -2.54. The van der Waals surface area contributed by atoms with E-state index >= 15 is 0 Å². The molecule has 6 aliphatic heterocycles. The molecule has 2 unspecified atom stereocenters. The molecule has 4 N–H and O–H groups in total. The van der Waals surface area contributed by atoms with Gasteiger partial charge in [0, 0.05) is 61.4 Å². The Morgan fingerprint density at radius 2 is 0.981 bits per heavy atom. The van der Waals surface area contributed by atoms with Crippen LogP contribution in [0.1, 0.15) is 198 Å². The van der Waals surface area contributed by atoms with E-state index in [2.05, 4.69) is 71.0 Å². The Morgan fingerprint density at radius 3 is 1.40 bits per heavy atom. The van der Waals surface area contributed by atoms with E-state index in [1.807, 2.05) is 71.5 Å². The van der Waals surface area contributed by atoms with Gasteiger partial charge < -0.3 is 19.9 Å². The number of carbonyl (C=O) groups excluding carboxylic acids is 9. The van der Waals surface area contributed by atoms with Crippen LogP contribution in [0.3, 0.4) is 0 Å². The normalized spacial score (nSPS) is 17.9. The van der Waals surface area contributed by atoms with Crippen LogP contribution in [-0.2, 0) is 28.8 Å². The molecule has 10 heterocycles. The number of unbranched alkanes of at least 4 members (excludes halogenated alkanes) is 3. The van der Waals surface area contributed by atoms with Crippen molar-refractivity contribution in [3.05, 3.63) is 184 Å². The SMILES string of the molecule is CCCCCOc1cccc2c1C(=O)N(C1CCC(=O)NC1=O)C2=O.Cc1sc2c(c1C)C(c1ccc(Cl)cc1)=N[C@@H](CC(=O)NCCCCOc1cccc3c1C(=O)N(C1CCC(=O)NC1=O)C3=O)c1nnc(C)n1-2.Cc1sc2c(c1C)C(c1ccc(Cl)cc1)=N[C@@H](CC(=O)O)c1nnc(C)n1-2. The van der Waals surface area contributed by atoms with Crippen LogP contribution in [0.5, 0.6) is 11.5 Å². The first-order valence-corrected chi connectivity index (χ1v) is 36.0. The number of carbonyl (C=O) groups is 10. The number of aryl methyl sites for hydroxylation is 4. The molecular weight excluding hydrogens is 1400 g/mol. The Labute approximate surface area is 608 Å². The molecule has 0 aliphatic carbocycles. The van der Waals surface area contributed by atoms with Gasteiger partial charge in [0.15, 0.2) is 11.6 Å². The highest BCUT2D eigenvalue weighted by Gasteiger charge is 2.48. The van der Waals surface area contributed by atoms with E-state index in [4.69, 9.17) is 42.7 Å². The molecule has 6 aliphatic rings. The average molecular weight is 1470 g/mol. The molecule has 0 saturated carbocycles. The number of nitrogens with one attached hydrogen (secondary N) is 3. The Hall–Kier alpha value is -10.4. The molecule has 26 nitrogen and oxygen atoms in total. The summed E-state index contributed by atoms with van der Waals surface area (Å²) < 4.78 is 15.6. The minimum absolute atomic E-state index is 0.0402. The Bertz CT molecular complexity index is 4860. The molecule has 8 aromatic rings. The van der Waals surface area contributed by atoms with E-state index < -0.39 is 77.4 Å². The fraction of sp³-hybridized carbons (Fsp3) is 0.342. The third-order valence-corrected chi connectivity index (χ3v) is 21.4. The number of hydrogen-bond donors (Lipinski definition) is 4. The van der Waals surface area contributed by atoms with Gasteiger partial charge >= 0.3 is 5.97 Å². The highest BCUT2D eigenvalue weighted by molar-refractivity contribution is 7.15. The molecule has 532 valence electrons. The molecule has 2 fully saturated rings. The summed E-state index contributed by atoms with van der Waals surface area (Å²) in [5, 5.41) is 37.2. The summed E-state index contributed by atoms with van der Waals surface area (Å²) in [6, 6.07) is 21.4. The maximum absolute atomic E-state index is 13.3. The van der Waals surface area contributed by atoms with Crippen molar-refractivity contribution < 1.29 is 62.5 Å². The van der Waals surface area contributed by atoms with E-state index in [0.29, 0.717) is 59.3 Å². The number of benzene rings is 4. The summed E-state index contributed by atoms with van der Waals surface area (Å²) in [7, 11) is 0. The molecular formula is C73H71Cl2N13O13S2. The van der Waals surface area contributed by atoms with Gasteiger partial charge in [-0.1, -0.05) is 79.4 Å². The van der Waals surface area contributed by atoms with Crippen LogP contribution in [0.2, 0.25) is 10.0 Å². The fourth-order valence-electron chi connectivity index (χ4n) is 13.1. The number of piperidine rings is 2. The zero-order chi connectivity index (χ0) is 73.2. The second-order valence-corrected chi connectivity index (χ2v) is 28.6. The first kappa shape index (κ1) is 72.4. The number of ether oxygens (including phenoxy) is 2. The van der Waals surface area contributed by atoms with Crippen LogP contribution >= 0.6 is 45.9 Å². The molecule has 4 aromatic carbocycles. The molecule has 14 rings (SSSR count). The minimum Gasteiger partial charge on any atom is -0.493 e. The topological polar surface area (TPSA) is 338 Å². The van der Waals surface area contributed by atoms with Crippen molar-refractivity contribution in [3.8, 4) is 21.5 Å². The third-order valence-electron chi connectivity index (χ3n) is 18.5. The standard InChI is InChI=1S/C36H34ClN7O6S.C19H17ClN4O2S.C18H20N2O5/c1-18-19(2)51-36-29(18)31(21-9-11-22(37)12-10-21)39-24(32-42-41-20(3)43(32)36)17-28(46)38-15-4-5-16-50-26-8-6-7-23-30(26)35(49)44(34(23)48)25-13-14-27(45)40-33(25)47;1-9-10(2)27-19-16(9)17(12-4-6-13(20)7-5-12)21-14(8-15(25)26)18-23-22-11(3)24(18)19;1-2-3-4-10-25-13-7-5-6-11-15(13)18(24)20(17(11)23)12-8-9-14(21)19-16(12)22/h6-12,24-25H,4-5,13-17H2,1-3H3,(H,38,46)(H,40,45,47);4-7,14H,8H2,1-3H3,(H,25,26);5-7,12H,2-4,8-10H2,1H3,(H,19,21,22)/t24-,25?;14-;/m00./s1. The van der Waals surface area contributed by atoms with Gasteiger partial charge in [0.1, 0.15) is 57.3 Å². The summed E-state index contributed by atoms with van der Waals surface area (Å²) >= 11 is 15.6. The zero-order valence-electron chi connectivity index (χ0n) is 57.2. The number of imide groups is 4. The molecule has 2 saturated heterocycles. The number of hydrogen-bond acceptors (Lipinski definition) is 20. The lowest BCUT2D eigenvalue weighted by Gasteiger charge is -2.27. The van der Waals surface area contributed by atoms with Crippen LogP contribution in [0.15, 0.2) is 94.9 Å². The van der Waals surface area contributed by atoms with Gasteiger partial charge in [0.2, 0.25) is 29.5 Å². The lowest BCUT2D eigenvalue weighted by atomic mass is 9.99. The monoisotopic (exact) mass is 1470 g/mol. The molecule has 4 aromatic heterocycles. The Kier molecular flexibility index (Phi) is 21.5. The highest BCUT2D eigenvalue weighted by Crippen LogP contribution is 2.43. The number of amides is 9. The van der Waals surface area contributed by atoms with Crippen LogP contribution in [0.25, 0.3) is 10.0 Å². The van der Waals surface area contributed by atoms with Crippen LogP contribution < -0.4 is 25.4 Å². The van der Waals surface area contributed by atoms with Gasteiger partial charge in [-0.3, -0.25) is 87.5 Å². The molecule has 0 bridgehead atoms. The second-order valence-electron chi connectivity index (χ2n) is 25.3. The van der Waals surface area contributed by atoms with Crippen molar-refractivity contribution in [2.24, 2.45) is 9.98 Å². The van der Waals surface area contributed by atoms with Gasteiger partial charge in [0.25, 0.3) is 23.6 Å². The van der Waals surface area contributed by atoms with Gasteiger partial charge in [-0.05, 0) is 133 Å². The van der Waals surface area contributed by atoms with E-state index in [0.717, 1.165) is 94.6 Å². The molecule has 0 radical (unpaired) electrons. The first-order chi connectivity index (χ1) is 49.4. The van der Waals surface area contributed by atoms with Crippen LogP contribution in [-0.4, -0.2) is 147 Å². The zero-order valence-corrected chi connectivity index (χ0v) is 60.3. The number of carboxylic acids is 1. The number of nitrogens with zero attached hydrogens (tertiary/aromatic N) is 10. The molecule has 4 atom stereocenters. The highest BCUT2D eigenvalue weighted by atomic mass is 35.5. The van der Waals surface area contributed by atoms with Crippen LogP contribution in [0, 0.1) is 41.5 Å². The van der Waals surface area contributed by atoms with Crippen molar-refractivity contribution in [2.75, 3.05) is 19.8 Å². The Balaban J connectivity index is 0.000000161. The summed E-state index contributed by atoms with van der Waals surface area (Å²) in [6.07, 6.45) is 4.34. The smallest absolute Gasteiger partial charge is 0.306 e. The molecule has 30 heteroatoms. The average Bonchev–Trinajstić information content (AvgIpc) is 1.51. The molecule has 103 heavy (non-hydrogen) atoms. The van der Waals surface area contributed by atoms with Gasteiger partial charge in [-0.15, -0.1) is 43.1 Å². The van der Waals surface area contributed by atoms with Crippen LogP contribution in [0.4, 0.5) is 0 Å². The number of aliphatic imine (C=N–C) groups is 2. The number of rotatable bonds is 19. The minimum atomic E-state index is -1.05. The molecule has 9 amide bonds. The number of aromatic nitrogens is 6. The third kappa shape index (κ3) is 14.6. The predicted molar refractivity (Wildman–Crippen MR) is 382 cm³/mol. The number of fused-ring (bicyclic) bond motifs is 8. The van der Waals surface area contributed by atoms with Crippen molar-refractivity contribution in [2.45, 2.75) is 143 Å².